The topological polar surface area (TPSA) is 66.4 Å². The number of sulfone groups is 1. The molecule has 0 bridgehead atoms. The molecule has 102 valence electrons. The molecule has 0 aliphatic carbocycles. The third-order valence-corrected chi connectivity index (χ3v) is 3.84. The predicted molar refractivity (Wildman–Crippen MR) is 72.1 cm³/mol. The SMILES string of the molecule is CC(C)(CO)CNCc1ccc(S(C)(=O)=O)cc1. The molecule has 0 heterocycles. The van der Waals surface area contributed by atoms with Crippen molar-refractivity contribution in [1.82, 2.24) is 5.32 Å². The van der Waals surface area contributed by atoms with Gasteiger partial charge in [-0.3, -0.25) is 0 Å². The van der Waals surface area contributed by atoms with Crippen LogP contribution in [0.5, 0.6) is 0 Å². The van der Waals surface area contributed by atoms with Gasteiger partial charge in [0.05, 0.1) is 4.90 Å². The molecule has 0 aliphatic heterocycles. The average molecular weight is 271 g/mol. The quantitative estimate of drug-likeness (QED) is 0.816. The Bertz CT molecular complexity index is 477. The van der Waals surface area contributed by atoms with Crippen molar-refractivity contribution in [2.45, 2.75) is 25.3 Å². The molecule has 4 nitrogen and oxygen atoms in total. The fraction of sp³-hybridized carbons (Fsp3) is 0.538. The van der Waals surface area contributed by atoms with Gasteiger partial charge in [-0.25, -0.2) is 8.42 Å². The molecule has 1 aromatic rings. The normalized spacial score (nSPS) is 12.7. The number of hydrogen-bond acceptors (Lipinski definition) is 4. The van der Waals surface area contributed by atoms with E-state index in [1.807, 2.05) is 13.8 Å². The van der Waals surface area contributed by atoms with E-state index in [0.717, 1.165) is 5.56 Å². The standard InChI is InChI=1S/C13H21NO3S/c1-13(2,10-15)9-14-8-11-4-6-12(7-5-11)18(3,16)17/h4-7,14-15H,8-10H2,1-3H3. The van der Waals surface area contributed by atoms with Gasteiger partial charge in [-0.1, -0.05) is 26.0 Å². The Labute approximate surface area is 109 Å². The zero-order chi connectivity index (χ0) is 13.8. The zero-order valence-corrected chi connectivity index (χ0v) is 11.9. The molecule has 0 aliphatic rings. The van der Waals surface area contributed by atoms with Crippen LogP contribution in [-0.4, -0.2) is 32.9 Å². The third kappa shape index (κ3) is 4.76. The van der Waals surface area contributed by atoms with Crippen LogP contribution in [0.15, 0.2) is 29.2 Å². The number of rotatable bonds is 6. The first kappa shape index (κ1) is 15.1. The summed E-state index contributed by atoms with van der Waals surface area (Å²) < 4.78 is 22.6. The molecule has 5 heteroatoms. The van der Waals surface area contributed by atoms with E-state index in [1.54, 1.807) is 24.3 Å². The summed E-state index contributed by atoms with van der Waals surface area (Å²) in [6.45, 7) is 5.46. The Balaban J connectivity index is 2.55. The van der Waals surface area contributed by atoms with Crippen molar-refractivity contribution in [1.29, 1.82) is 0 Å². The summed E-state index contributed by atoms with van der Waals surface area (Å²) in [6.07, 6.45) is 1.20. The molecule has 0 atom stereocenters. The molecular weight excluding hydrogens is 250 g/mol. The van der Waals surface area contributed by atoms with Crippen LogP contribution in [0.4, 0.5) is 0 Å². The van der Waals surface area contributed by atoms with E-state index in [9.17, 15) is 8.42 Å². The Kier molecular flexibility index (Phi) is 4.90. The summed E-state index contributed by atoms with van der Waals surface area (Å²) in [4.78, 5) is 0.335. The van der Waals surface area contributed by atoms with Gasteiger partial charge in [0, 0.05) is 31.4 Å². The number of hydrogen-bond donors (Lipinski definition) is 2. The van der Waals surface area contributed by atoms with Crippen LogP contribution in [0.3, 0.4) is 0 Å². The van der Waals surface area contributed by atoms with Crippen LogP contribution in [0.2, 0.25) is 0 Å². The molecule has 0 spiro atoms. The van der Waals surface area contributed by atoms with Crippen molar-refractivity contribution in [3.63, 3.8) is 0 Å². The second-order valence-electron chi connectivity index (χ2n) is 5.34. The second kappa shape index (κ2) is 5.82. The van der Waals surface area contributed by atoms with E-state index in [1.165, 1.54) is 6.26 Å². The van der Waals surface area contributed by atoms with Crippen molar-refractivity contribution in [2.24, 2.45) is 5.41 Å². The van der Waals surface area contributed by atoms with Gasteiger partial charge < -0.3 is 10.4 Å². The van der Waals surface area contributed by atoms with Gasteiger partial charge in [-0.15, -0.1) is 0 Å². The monoisotopic (exact) mass is 271 g/mol. The van der Waals surface area contributed by atoms with Gasteiger partial charge in [-0.05, 0) is 17.7 Å². The van der Waals surface area contributed by atoms with Crippen LogP contribution >= 0.6 is 0 Å². The number of nitrogens with one attached hydrogen (secondary N) is 1. The molecule has 0 aromatic heterocycles. The Morgan fingerprint density at radius 2 is 1.78 bits per heavy atom. The van der Waals surface area contributed by atoms with Crippen molar-refractivity contribution in [2.75, 3.05) is 19.4 Å². The maximum Gasteiger partial charge on any atom is 0.175 e. The molecule has 0 unspecified atom stereocenters. The highest BCUT2D eigenvalue weighted by molar-refractivity contribution is 7.90. The lowest BCUT2D eigenvalue weighted by atomic mass is 9.95. The van der Waals surface area contributed by atoms with Crippen LogP contribution < -0.4 is 5.32 Å². The molecule has 0 amide bonds. The predicted octanol–water partition coefficient (Wildman–Crippen LogP) is 1.20. The first-order valence-corrected chi connectivity index (χ1v) is 7.74. The molecule has 0 radical (unpaired) electrons. The molecule has 1 aromatic carbocycles. The van der Waals surface area contributed by atoms with Crippen molar-refractivity contribution in [3.8, 4) is 0 Å². The highest BCUT2D eigenvalue weighted by Gasteiger charge is 2.15. The molecule has 0 fully saturated rings. The van der Waals surface area contributed by atoms with Crippen LogP contribution in [0.25, 0.3) is 0 Å². The molecule has 0 saturated heterocycles. The molecule has 2 N–H and O–H groups in total. The fourth-order valence-corrected chi connectivity index (χ4v) is 2.09. The van der Waals surface area contributed by atoms with Crippen molar-refractivity contribution < 1.29 is 13.5 Å². The minimum atomic E-state index is -3.12. The lowest BCUT2D eigenvalue weighted by Crippen LogP contribution is -2.31. The molecule has 1 rings (SSSR count). The lowest BCUT2D eigenvalue weighted by Gasteiger charge is -2.21. The average Bonchev–Trinajstić information content (AvgIpc) is 2.28. The fourth-order valence-electron chi connectivity index (χ4n) is 1.46. The van der Waals surface area contributed by atoms with Gasteiger partial charge in [-0.2, -0.15) is 0 Å². The Morgan fingerprint density at radius 1 is 1.22 bits per heavy atom. The first-order chi connectivity index (χ1) is 8.24. The summed E-state index contributed by atoms with van der Waals surface area (Å²) in [7, 11) is -3.12. The Hall–Kier alpha value is -0.910. The summed E-state index contributed by atoms with van der Waals surface area (Å²) in [5.41, 5.74) is 0.878. The molecule has 18 heavy (non-hydrogen) atoms. The zero-order valence-electron chi connectivity index (χ0n) is 11.1. The number of aliphatic hydroxyl groups excluding tert-OH is 1. The van der Waals surface area contributed by atoms with Crippen molar-refractivity contribution >= 4 is 9.84 Å². The van der Waals surface area contributed by atoms with Gasteiger partial charge in [0.25, 0.3) is 0 Å². The van der Waals surface area contributed by atoms with E-state index in [-0.39, 0.29) is 12.0 Å². The largest absolute Gasteiger partial charge is 0.396 e. The number of aliphatic hydroxyl groups is 1. The van der Waals surface area contributed by atoms with Crippen LogP contribution in [-0.2, 0) is 16.4 Å². The molecule has 0 saturated carbocycles. The number of benzene rings is 1. The van der Waals surface area contributed by atoms with E-state index in [4.69, 9.17) is 5.11 Å². The molecular formula is C13H21NO3S. The summed E-state index contributed by atoms with van der Waals surface area (Å²) >= 11 is 0. The van der Waals surface area contributed by atoms with Gasteiger partial charge in [0.15, 0.2) is 9.84 Å². The van der Waals surface area contributed by atoms with E-state index in [0.29, 0.717) is 18.0 Å². The van der Waals surface area contributed by atoms with E-state index >= 15 is 0 Å². The van der Waals surface area contributed by atoms with E-state index < -0.39 is 9.84 Å². The van der Waals surface area contributed by atoms with Gasteiger partial charge in [0.2, 0.25) is 0 Å². The minimum Gasteiger partial charge on any atom is -0.396 e. The highest BCUT2D eigenvalue weighted by atomic mass is 32.2. The maximum atomic E-state index is 11.3. The van der Waals surface area contributed by atoms with Crippen molar-refractivity contribution in [3.05, 3.63) is 29.8 Å². The Morgan fingerprint density at radius 3 is 2.22 bits per heavy atom. The summed E-state index contributed by atoms with van der Waals surface area (Å²) in [5, 5.41) is 12.4. The van der Waals surface area contributed by atoms with Gasteiger partial charge >= 0.3 is 0 Å². The lowest BCUT2D eigenvalue weighted by molar-refractivity contribution is 0.156. The first-order valence-electron chi connectivity index (χ1n) is 5.85. The summed E-state index contributed by atoms with van der Waals surface area (Å²) in [6, 6.07) is 6.83. The summed E-state index contributed by atoms with van der Waals surface area (Å²) in [5.74, 6) is 0. The van der Waals surface area contributed by atoms with Crippen LogP contribution in [0.1, 0.15) is 19.4 Å². The van der Waals surface area contributed by atoms with Crippen LogP contribution in [0, 0.1) is 5.41 Å². The maximum absolute atomic E-state index is 11.3. The highest BCUT2D eigenvalue weighted by Crippen LogP contribution is 2.13. The van der Waals surface area contributed by atoms with Gasteiger partial charge in [0.1, 0.15) is 0 Å². The minimum absolute atomic E-state index is 0.132. The van der Waals surface area contributed by atoms with E-state index in [2.05, 4.69) is 5.32 Å². The second-order valence-corrected chi connectivity index (χ2v) is 7.36. The smallest absolute Gasteiger partial charge is 0.175 e. The third-order valence-electron chi connectivity index (χ3n) is 2.71.